The number of aromatic nitrogens is 2. The standard InChI is InChI=1S/C17H28N4O/c1-13(2)7-5-11-19-17(22)9-8-16-14(3)20-21(15(16)4)12-6-10-18/h13H,5-9,11-12H2,1-4H3,(H,19,22). The molecule has 0 aliphatic rings. The first-order chi connectivity index (χ1) is 10.5. The number of carbonyl (C=O) groups excluding carboxylic acids is 1. The molecule has 0 bridgehead atoms. The van der Waals surface area contributed by atoms with E-state index in [1.165, 1.54) is 0 Å². The molecule has 1 aromatic heterocycles. The summed E-state index contributed by atoms with van der Waals surface area (Å²) in [7, 11) is 0. The second kappa shape index (κ2) is 9.24. The highest BCUT2D eigenvalue weighted by molar-refractivity contribution is 5.76. The Morgan fingerprint density at radius 1 is 1.41 bits per heavy atom. The zero-order valence-corrected chi connectivity index (χ0v) is 14.3. The second-order valence-electron chi connectivity index (χ2n) is 6.17. The molecule has 1 N–H and O–H groups in total. The van der Waals surface area contributed by atoms with E-state index in [-0.39, 0.29) is 5.91 Å². The molecule has 0 fully saturated rings. The highest BCUT2D eigenvalue weighted by Crippen LogP contribution is 2.15. The van der Waals surface area contributed by atoms with Gasteiger partial charge in [-0.3, -0.25) is 9.48 Å². The highest BCUT2D eigenvalue weighted by Gasteiger charge is 2.12. The molecule has 1 rings (SSSR count). The maximum Gasteiger partial charge on any atom is 0.220 e. The summed E-state index contributed by atoms with van der Waals surface area (Å²) in [4.78, 5) is 11.9. The monoisotopic (exact) mass is 304 g/mol. The predicted octanol–water partition coefficient (Wildman–Crippen LogP) is 2.90. The van der Waals surface area contributed by atoms with Gasteiger partial charge in [-0.25, -0.2) is 0 Å². The van der Waals surface area contributed by atoms with Crippen molar-refractivity contribution in [2.75, 3.05) is 6.54 Å². The van der Waals surface area contributed by atoms with Crippen LogP contribution in [0, 0.1) is 31.1 Å². The van der Waals surface area contributed by atoms with Crippen LogP contribution in [-0.4, -0.2) is 22.2 Å². The smallest absolute Gasteiger partial charge is 0.220 e. The van der Waals surface area contributed by atoms with Gasteiger partial charge in [-0.2, -0.15) is 10.4 Å². The SMILES string of the molecule is Cc1nn(CCC#N)c(C)c1CCC(=O)NCCCC(C)C. The molecule has 0 aromatic carbocycles. The van der Waals surface area contributed by atoms with Gasteiger partial charge in [0.25, 0.3) is 0 Å². The fourth-order valence-corrected chi connectivity index (χ4v) is 2.53. The quantitative estimate of drug-likeness (QED) is 0.713. The third-order valence-electron chi connectivity index (χ3n) is 3.85. The average molecular weight is 304 g/mol. The topological polar surface area (TPSA) is 70.7 Å². The molecule has 0 saturated carbocycles. The Bertz CT molecular complexity index is 525. The van der Waals surface area contributed by atoms with Crippen LogP contribution in [-0.2, 0) is 17.8 Å². The van der Waals surface area contributed by atoms with Gasteiger partial charge in [-0.15, -0.1) is 0 Å². The fourth-order valence-electron chi connectivity index (χ4n) is 2.53. The van der Waals surface area contributed by atoms with Crippen LogP contribution in [0.15, 0.2) is 0 Å². The van der Waals surface area contributed by atoms with E-state index in [1.807, 2.05) is 18.5 Å². The summed E-state index contributed by atoms with van der Waals surface area (Å²) in [6.45, 7) is 9.73. The molecule has 0 radical (unpaired) electrons. The molecule has 0 aliphatic heterocycles. The van der Waals surface area contributed by atoms with Crippen molar-refractivity contribution in [1.82, 2.24) is 15.1 Å². The minimum atomic E-state index is 0.104. The van der Waals surface area contributed by atoms with Gasteiger partial charge >= 0.3 is 0 Å². The van der Waals surface area contributed by atoms with Crippen LogP contribution in [0.3, 0.4) is 0 Å². The van der Waals surface area contributed by atoms with Crippen molar-refractivity contribution in [2.45, 2.75) is 66.3 Å². The largest absolute Gasteiger partial charge is 0.356 e. The molecular formula is C17H28N4O. The maximum atomic E-state index is 11.9. The zero-order valence-electron chi connectivity index (χ0n) is 14.3. The van der Waals surface area contributed by atoms with Crippen molar-refractivity contribution in [3.63, 3.8) is 0 Å². The van der Waals surface area contributed by atoms with Crippen LogP contribution in [0.1, 0.15) is 56.5 Å². The summed E-state index contributed by atoms with van der Waals surface area (Å²) in [5, 5.41) is 16.1. The van der Waals surface area contributed by atoms with E-state index in [1.54, 1.807) is 0 Å². The van der Waals surface area contributed by atoms with E-state index in [0.29, 0.717) is 31.7 Å². The Morgan fingerprint density at radius 3 is 2.77 bits per heavy atom. The minimum absolute atomic E-state index is 0.104. The number of carbonyl (C=O) groups is 1. The van der Waals surface area contributed by atoms with Gasteiger partial charge < -0.3 is 5.32 Å². The van der Waals surface area contributed by atoms with E-state index in [2.05, 4.69) is 30.3 Å². The van der Waals surface area contributed by atoms with Gasteiger partial charge in [0.1, 0.15) is 0 Å². The summed E-state index contributed by atoms with van der Waals surface area (Å²) in [5.41, 5.74) is 3.17. The number of aryl methyl sites for hydroxylation is 2. The first-order valence-corrected chi connectivity index (χ1v) is 8.12. The lowest BCUT2D eigenvalue weighted by Crippen LogP contribution is -2.25. The van der Waals surface area contributed by atoms with Crippen molar-refractivity contribution in [2.24, 2.45) is 5.92 Å². The molecule has 5 nitrogen and oxygen atoms in total. The maximum absolute atomic E-state index is 11.9. The Hall–Kier alpha value is -1.83. The van der Waals surface area contributed by atoms with E-state index in [9.17, 15) is 4.79 Å². The van der Waals surface area contributed by atoms with Crippen LogP contribution in [0.5, 0.6) is 0 Å². The van der Waals surface area contributed by atoms with Crippen molar-refractivity contribution >= 4 is 5.91 Å². The molecule has 0 unspecified atom stereocenters. The highest BCUT2D eigenvalue weighted by atomic mass is 16.1. The predicted molar refractivity (Wildman–Crippen MR) is 87.3 cm³/mol. The molecule has 122 valence electrons. The van der Waals surface area contributed by atoms with Crippen LogP contribution >= 0.6 is 0 Å². The van der Waals surface area contributed by atoms with Gasteiger partial charge in [0.15, 0.2) is 0 Å². The van der Waals surface area contributed by atoms with E-state index in [4.69, 9.17) is 5.26 Å². The molecule has 0 spiro atoms. The molecule has 22 heavy (non-hydrogen) atoms. The van der Waals surface area contributed by atoms with E-state index >= 15 is 0 Å². The van der Waals surface area contributed by atoms with Crippen LogP contribution in [0.4, 0.5) is 0 Å². The van der Waals surface area contributed by atoms with Gasteiger partial charge in [0.05, 0.1) is 24.7 Å². The molecule has 0 atom stereocenters. The van der Waals surface area contributed by atoms with Crippen LogP contribution in [0.2, 0.25) is 0 Å². The second-order valence-corrected chi connectivity index (χ2v) is 6.17. The van der Waals surface area contributed by atoms with E-state index in [0.717, 1.165) is 36.3 Å². The van der Waals surface area contributed by atoms with Crippen LogP contribution < -0.4 is 5.32 Å². The fraction of sp³-hybridized carbons (Fsp3) is 0.706. The first-order valence-electron chi connectivity index (χ1n) is 8.12. The van der Waals surface area contributed by atoms with E-state index < -0.39 is 0 Å². The van der Waals surface area contributed by atoms with Crippen molar-refractivity contribution in [3.05, 3.63) is 17.0 Å². The Morgan fingerprint density at radius 2 is 2.14 bits per heavy atom. The molecular weight excluding hydrogens is 276 g/mol. The summed E-state index contributed by atoms with van der Waals surface area (Å²) in [6.07, 6.45) is 3.84. The number of nitrogens with one attached hydrogen (secondary N) is 1. The van der Waals surface area contributed by atoms with Gasteiger partial charge in [-0.1, -0.05) is 13.8 Å². The third kappa shape index (κ3) is 5.88. The van der Waals surface area contributed by atoms with Gasteiger partial charge in [-0.05, 0) is 44.6 Å². The lowest BCUT2D eigenvalue weighted by atomic mass is 10.1. The average Bonchev–Trinajstić information content (AvgIpc) is 2.73. The molecule has 1 amide bonds. The van der Waals surface area contributed by atoms with Crippen LogP contribution in [0.25, 0.3) is 0 Å². The summed E-state index contributed by atoms with van der Waals surface area (Å²) in [6, 6.07) is 2.13. The van der Waals surface area contributed by atoms with Gasteiger partial charge in [0.2, 0.25) is 5.91 Å². The molecule has 5 heteroatoms. The summed E-state index contributed by atoms with van der Waals surface area (Å²) in [5.74, 6) is 0.786. The van der Waals surface area contributed by atoms with Crippen molar-refractivity contribution in [1.29, 1.82) is 5.26 Å². The van der Waals surface area contributed by atoms with Gasteiger partial charge in [0, 0.05) is 18.7 Å². The normalized spacial score (nSPS) is 10.7. The first kappa shape index (κ1) is 18.2. The van der Waals surface area contributed by atoms with Crippen molar-refractivity contribution < 1.29 is 4.79 Å². The molecule has 0 aliphatic carbocycles. The summed E-state index contributed by atoms with van der Waals surface area (Å²) < 4.78 is 1.87. The molecule has 1 heterocycles. The molecule has 1 aromatic rings. The lowest BCUT2D eigenvalue weighted by molar-refractivity contribution is -0.121. The Balaban J connectivity index is 2.42. The number of nitriles is 1. The minimum Gasteiger partial charge on any atom is -0.356 e. The third-order valence-corrected chi connectivity index (χ3v) is 3.85. The molecule has 0 saturated heterocycles. The number of nitrogens with zero attached hydrogens (tertiary/aromatic N) is 3. The number of hydrogen-bond donors (Lipinski definition) is 1. The number of amides is 1. The lowest BCUT2D eigenvalue weighted by Gasteiger charge is -2.07. The number of rotatable bonds is 9. The Labute approximate surface area is 133 Å². The summed E-state index contributed by atoms with van der Waals surface area (Å²) >= 11 is 0. The van der Waals surface area contributed by atoms with Crippen molar-refractivity contribution in [3.8, 4) is 6.07 Å². The zero-order chi connectivity index (χ0) is 16.5. The number of hydrogen-bond acceptors (Lipinski definition) is 3. The Kier molecular flexibility index (Phi) is 7.65.